The molecule has 1 aromatic rings. The zero-order valence-electron chi connectivity index (χ0n) is 13.2. The first kappa shape index (κ1) is 14.8. The van der Waals surface area contributed by atoms with Crippen molar-refractivity contribution in [3.05, 3.63) is 24.0 Å². The number of hydrogen-bond donors (Lipinski definition) is 1. The minimum atomic E-state index is 0.761. The van der Waals surface area contributed by atoms with Crippen LogP contribution >= 0.6 is 0 Å². The summed E-state index contributed by atoms with van der Waals surface area (Å²) in [4.78, 5) is 9.57. The van der Waals surface area contributed by atoms with E-state index in [1.54, 1.807) is 0 Å². The zero-order chi connectivity index (χ0) is 14.5. The fraction of sp³-hybridized carbons (Fsp3) is 0.706. The number of pyridine rings is 1. The fourth-order valence-corrected chi connectivity index (χ4v) is 3.63. The highest BCUT2D eigenvalue weighted by molar-refractivity contribution is 5.53. The molecule has 1 unspecified atom stereocenters. The third kappa shape index (κ3) is 3.55. The standard InChI is InChI=1S/C17H28N4/c1-2-7-18-12-15-13-19-8-5-17(15)21-11-6-16(14-21)20-9-3-4-10-20/h5,8,13,16,18H,2-4,6-7,9-12,14H2,1H3. The molecule has 3 rings (SSSR count). The quantitative estimate of drug-likeness (QED) is 0.814. The highest BCUT2D eigenvalue weighted by Gasteiger charge is 2.29. The topological polar surface area (TPSA) is 31.4 Å². The first-order valence-corrected chi connectivity index (χ1v) is 8.51. The Labute approximate surface area is 128 Å². The Bertz CT molecular complexity index is 442. The second kappa shape index (κ2) is 7.23. The highest BCUT2D eigenvalue weighted by Crippen LogP contribution is 2.27. The van der Waals surface area contributed by atoms with Crippen molar-refractivity contribution >= 4 is 5.69 Å². The van der Waals surface area contributed by atoms with Crippen molar-refractivity contribution in [2.45, 2.75) is 45.2 Å². The van der Waals surface area contributed by atoms with Crippen LogP contribution in [0.1, 0.15) is 38.2 Å². The van der Waals surface area contributed by atoms with Crippen molar-refractivity contribution in [1.29, 1.82) is 0 Å². The minimum Gasteiger partial charge on any atom is -0.370 e. The van der Waals surface area contributed by atoms with E-state index in [1.165, 1.54) is 63.1 Å². The first-order chi connectivity index (χ1) is 10.4. The monoisotopic (exact) mass is 288 g/mol. The van der Waals surface area contributed by atoms with Gasteiger partial charge in [0, 0.05) is 49.3 Å². The van der Waals surface area contributed by atoms with Gasteiger partial charge in [-0.05, 0) is 51.4 Å². The van der Waals surface area contributed by atoms with Crippen LogP contribution in [0.25, 0.3) is 0 Å². The van der Waals surface area contributed by atoms with Gasteiger partial charge in [-0.3, -0.25) is 9.88 Å². The maximum Gasteiger partial charge on any atom is 0.0443 e. The van der Waals surface area contributed by atoms with E-state index >= 15 is 0 Å². The zero-order valence-corrected chi connectivity index (χ0v) is 13.2. The van der Waals surface area contributed by atoms with Crippen LogP contribution in [0.15, 0.2) is 18.5 Å². The van der Waals surface area contributed by atoms with Gasteiger partial charge in [-0.1, -0.05) is 6.92 Å². The van der Waals surface area contributed by atoms with Crippen LogP contribution in [-0.4, -0.2) is 48.6 Å². The second-order valence-electron chi connectivity index (χ2n) is 6.31. The Morgan fingerprint density at radius 2 is 2.14 bits per heavy atom. The van der Waals surface area contributed by atoms with Gasteiger partial charge in [0.05, 0.1) is 0 Å². The molecule has 0 aromatic carbocycles. The fourth-order valence-electron chi connectivity index (χ4n) is 3.63. The number of anilines is 1. The van der Waals surface area contributed by atoms with Crippen molar-refractivity contribution in [1.82, 2.24) is 15.2 Å². The molecule has 0 spiro atoms. The van der Waals surface area contributed by atoms with Gasteiger partial charge in [-0.15, -0.1) is 0 Å². The number of nitrogens with one attached hydrogen (secondary N) is 1. The summed E-state index contributed by atoms with van der Waals surface area (Å²) in [6, 6.07) is 2.95. The van der Waals surface area contributed by atoms with E-state index in [9.17, 15) is 0 Å². The summed E-state index contributed by atoms with van der Waals surface area (Å²) in [6.07, 6.45) is 9.22. The smallest absolute Gasteiger partial charge is 0.0443 e. The molecular formula is C17H28N4. The van der Waals surface area contributed by atoms with Crippen molar-refractivity contribution in [3.63, 3.8) is 0 Å². The SMILES string of the molecule is CCCNCc1cnccc1N1CCC(N2CCCC2)C1. The van der Waals surface area contributed by atoms with Crippen molar-refractivity contribution in [3.8, 4) is 0 Å². The van der Waals surface area contributed by atoms with E-state index in [4.69, 9.17) is 0 Å². The van der Waals surface area contributed by atoms with Gasteiger partial charge in [0.2, 0.25) is 0 Å². The number of hydrogen-bond acceptors (Lipinski definition) is 4. The molecule has 0 radical (unpaired) electrons. The minimum absolute atomic E-state index is 0.761. The van der Waals surface area contributed by atoms with Crippen LogP contribution < -0.4 is 10.2 Å². The van der Waals surface area contributed by atoms with E-state index in [2.05, 4.69) is 33.1 Å². The van der Waals surface area contributed by atoms with E-state index < -0.39 is 0 Å². The van der Waals surface area contributed by atoms with Gasteiger partial charge < -0.3 is 10.2 Å². The van der Waals surface area contributed by atoms with E-state index in [0.717, 1.165) is 19.1 Å². The summed E-state index contributed by atoms with van der Waals surface area (Å²) in [5.41, 5.74) is 2.73. The lowest BCUT2D eigenvalue weighted by atomic mass is 10.2. The number of rotatable bonds is 6. The Morgan fingerprint density at radius 1 is 1.29 bits per heavy atom. The molecule has 0 amide bonds. The van der Waals surface area contributed by atoms with Gasteiger partial charge in [0.25, 0.3) is 0 Å². The van der Waals surface area contributed by atoms with Crippen LogP contribution in [-0.2, 0) is 6.54 Å². The third-order valence-electron chi connectivity index (χ3n) is 4.78. The first-order valence-electron chi connectivity index (χ1n) is 8.51. The molecule has 4 nitrogen and oxygen atoms in total. The summed E-state index contributed by atoms with van der Waals surface area (Å²) in [7, 11) is 0. The predicted octanol–water partition coefficient (Wildman–Crippen LogP) is 2.26. The molecule has 2 saturated heterocycles. The maximum atomic E-state index is 4.31. The number of aromatic nitrogens is 1. The van der Waals surface area contributed by atoms with Crippen LogP contribution in [0.4, 0.5) is 5.69 Å². The Kier molecular flexibility index (Phi) is 5.09. The van der Waals surface area contributed by atoms with Crippen molar-refractivity contribution in [2.75, 3.05) is 37.6 Å². The molecule has 4 heteroatoms. The predicted molar refractivity (Wildman–Crippen MR) is 87.7 cm³/mol. The van der Waals surface area contributed by atoms with Crippen LogP contribution in [0.2, 0.25) is 0 Å². The molecule has 1 atom stereocenters. The molecule has 116 valence electrons. The number of nitrogens with zero attached hydrogens (tertiary/aromatic N) is 3. The maximum absolute atomic E-state index is 4.31. The summed E-state index contributed by atoms with van der Waals surface area (Å²) in [5.74, 6) is 0. The second-order valence-corrected chi connectivity index (χ2v) is 6.31. The molecule has 2 aliphatic heterocycles. The average molecular weight is 288 g/mol. The Hall–Kier alpha value is -1.13. The van der Waals surface area contributed by atoms with E-state index in [-0.39, 0.29) is 0 Å². The van der Waals surface area contributed by atoms with E-state index in [0.29, 0.717) is 0 Å². The summed E-state index contributed by atoms with van der Waals surface area (Å²) in [5, 5.41) is 3.50. The van der Waals surface area contributed by atoms with Gasteiger partial charge in [-0.2, -0.15) is 0 Å². The lowest BCUT2D eigenvalue weighted by molar-refractivity contribution is 0.260. The van der Waals surface area contributed by atoms with E-state index in [1.807, 2.05) is 12.4 Å². The molecule has 0 saturated carbocycles. The molecule has 1 aromatic heterocycles. The van der Waals surface area contributed by atoms with Crippen LogP contribution in [0.5, 0.6) is 0 Å². The average Bonchev–Trinajstić information content (AvgIpc) is 3.19. The molecule has 1 N–H and O–H groups in total. The Balaban J connectivity index is 1.63. The number of likely N-dealkylation sites (tertiary alicyclic amines) is 1. The molecule has 0 bridgehead atoms. The molecule has 2 aliphatic rings. The lowest BCUT2D eigenvalue weighted by Crippen LogP contribution is -2.35. The van der Waals surface area contributed by atoms with Gasteiger partial charge in [-0.25, -0.2) is 0 Å². The summed E-state index contributed by atoms with van der Waals surface area (Å²) in [6.45, 7) is 9.20. The summed E-state index contributed by atoms with van der Waals surface area (Å²) >= 11 is 0. The molecule has 3 heterocycles. The lowest BCUT2D eigenvalue weighted by Gasteiger charge is -2.25. The van der Waals surface area contributed by atoms with Crippen molar-refractivity contribution in [2.24, 2.45) is 0 Å². The largest absolute Gasteiger partial charge is 0.370 e. The molecular weight excluding hydrogens is 260 g/mol. The van der Waals surface area contributed by atoms with Crippen LogP contribution in [0, 0.1) is 0 Å². The molecule has 2 fully saturated rings. The molecule has 21 heavy (non-hydrogen) atoms. The highest BCUT2D eigenvalue weighted by atomic mass is 15.3. The Morgan fingerprint density at radius 3 is 2.95 bits per heavy atom. The summed E-state index contributed by atoms with van der Waals surface area (Å²) < 4.78 is 0. The van der Waals surface area contributed by atoms with Gasteiger partial charge in [0.1, 0.15) is 0 Å². The third-order valence-corrected chi connectivity index (χ3v) is 4.78. The van der Waals surface area contributed by atoms with Crippen molar-refractivity contribution < 1.29 is 0 Å². The van der Waals surface area contributed by atoms with Gasteiger partial charge >= 0.3 is 0 Å². The van der Waals surface area contributed by atoms with Gasteiger partial charge in [0.15, 0.2) is 0 Å². The molecule has 0 aliphatic carbocycles. The normalized spacial score (nSPS) is 23.1. The van der Waals surface area contributed by atoms with Crippen LogP contribution in [0.3, 0.4) is 0 Å².